The maximum Gasteiger partial charge on any atom is 0.239 e. The van der Waals surface area contributed by atoms with Crippen LogP contribution in [0.5, 0.6) is 0 Å². The lowest BCUT2D eigenvalue weighted by Crippen LogP contribution is -2.26. The minimum atomic E-state index is -0.0842. The number of carbonyl (C=O) groups excluding carboxylic acids is 1. The molecule has 6 nitrogen and oxygen atoms in total. The minimum absolute atomic E-state index is 0.0842. The number of aryl methyl sites for hydroxylation is 1. The summed E-state index contributed by atoms with van der Waals surface area (Å²) < 4.78 is 0. The maximum atomic E-state index is 11.0. The van der Waals surface area contributed by atoms with Gasteiger partial charge in [-0.15, -0.1) is 0 Å². The molecule has 0 atom stereocenters. The van der Waals surface area contributed by atoms with E-state index in [1.165, 1.54) is 0 Å². The molecule has 1 amide bonds. The number of aromatic nitrogens is 2. The van der Waals surface area contributed by atoms with E-state index < -0.39 is 0 Å². The number of amides is 1. The number of nitrogens with one attached hydrogen (secondary N) is 3. The molecule has 0 saturated heterocycles. The SMILES string of the molecule is CNC(=O)CNc1nc(NC)ncc1C. The van der Waals surface area contributed by atoms with E-state index in [0.29, 0.717) is 11.8 Å². The number of likely N-dealkylation sites (N-methyl/N-ethyl adjacent to an activating group) is 1. The third kappa shape index (κ3) is 3.08. The summed E-state index contributed by atoms with van der Waals surface area (Å²) in [6, 6.07) is 0. The summed E-state index contributed by atoms with van der Waals surface area (Å²) in [6.45, 7) is 2.09. The second-order valence-electron chi connectivity index (χ2n) is 3.00. The topological polar surface area (TPSA) is 78.9 Å². The number of hydrogen-bond acceptors (Lipinski definition) is 5. The van der Waals surface area contributed by atoms with Crippen LogP contribution in [0, 0.1) is 6.92 Å². The number of anilines is 2. The van der Waals surface area contributed by atoms with Crippen LogP contribution in [-0.4, -0.2) is 36.5 Å². The average Bonchev–Trinajstić information content (AvgIpc) is 2.27. The van der Waals surface area contributed by atoms with Crippen molar-refractivity contribution in [3.05, 3.63) is 11.8 Å². The van der Waals surface area contributed by atoms with E-state index in [4.69, 9.17) is 0 Å². The summed E-state index contributed by atoms with van der Waals surface area (Å²) >= 11 is 0. The van der Waals surface area contributed by atoms with Crippen molar-refractivity contribution in [1.29, 1.82) is 0 Å². The first kappa shape index (κ1) is 11.2. The van der Waals surface area contributed by atoms with Crippen LogP contribution in [0.25, 0.3) is 0 Å². The predicted molar refractivity (Wildman–Crippen MR) is 58.9 cm³/mol. The van der Waals surface area contributed by atoms with Crippen molar-refractivity contribution >= 4 is 17.7 Å². The molecule has 0 bridgehead atoms. The first-order valence-electron chi connectivity index (χ1n) is 4.63. The van der Waals surface area contributed by atoms with Gasteiger partial charge in [0, 0.05) is 25.9 Å². The van der Waals surface area contributed by atoms with Crippen LogP contribution in [0.15, 0.2) is 6.20 Å². The first-order valence-corrected chi connectivity index (χ1v) is 4.63. The van der Waals surface area contributed by atoms with Crippen LogP contribution >= 0.6 is 0 Å². The van der Waals surface area contributed by atoms with Crippen molar-refractivity contribution in [1.82, 2.24) is 15.3 Å². The molecular formula is C9H15N5O. The van der Waals surface area contributed by atoms with Gasteiger partial charge in [0.2, 0.25) is 11.9 Å². The van der Waals surface area contributed by atoms with Crippen LogP contribution in [-0.2, 0) is 4.79 Å². The molecule has 0 aliphatic heterocycles. The zero-order valence-corrected chi connectivity index (χ0v) is 9.09. The fraction of sp³-hybridized carbons (Fsp3) is 0.444. The van der Waals surface area contributed by atoms with Crippen LogP contribution < -0.4 is 16.0 Å². The smallest absolute Gasteiger partial charge is 0.239 e. The highest BCUT2D eigenvalue weighted by atomic mass is 16.1. The van der Waals surface area contributed by atoms with Crippen LogP contribution in [0.4, 0.5) is 11.8 Å². The number of carbonyl (C=O) groups is 1. The molecule has 0 spiro atoms. The monoisotopic (exact) mass is 209 g/mol. The third-order valence-electron chi connectivity index (χ3n) is 1.89. The van der Waals surface area contributed by atoms with Gasteiger partial charge < -0.3 is 16.0 Å². The van der Waals surface area contributed by atoms with Gasteiger partial charge in [-0.3, -0.25) is 4.79 Å². The maximum absolute atomic E-state index is 11.0. The van der Waals surface area contributed by atoms with E-state index in [9.17, 15) is 4.79 Å². The van der Waals surface area contributed by atoms with Gasteiger partial charge in [-0.25, -0.2) is 4.98 Å². The van der Waals surface area contributed by atoms with Crippen LogP contribution in [0.1, 0.15) is 5.56 Å². The standard InChI is InChI=1S/C9H15N5O/c1-6-4-13-9(11-3)14-8(6)12-5-7(15)10-2/h4H,5H2,1-3H3,(H,10,15)(H2,11,12,13,14). The number of hydrogen-bond donors (Lipinski definition) is 3. The Morgan fingerprint density at radius 1 is 1.47 bits per heavy atom. The molecule has 0 radical (unpaired) electrons. The van der Waals surface area contributed by atoms with E-state index in [1.54, 1.807) is 20.3 Å². The van der Waals surface area contributed by atoms with Gasteiger partial charge >= 0.3 is 0 Å². The normalized spacial score (nSPS) is 9.53. The van der Waals surface area contributed by atoms with E-state index in [-0.39, 0.29) is 12.5 Å². The molecule has 0 fully saturated rings. The van der Waals surface area contributed by atoms with Crippen LogP contribution in [0.3, 0.4) is 0 Å². The molecule has 6 heteroatoms. The number of nitrogens with zero attached hydrogens (tertiary/aromatic N) is 2. The van der Waals surface area contributed by atoms with Gasteiger partial charge in [-0.1, -0.05) is 0 Å². The molecule has 1 aromatic rings. The van der Waals surface area contributed by atoms with Crippen molar-refractivity contribution in [2.75, 3.05) is 31.3 Å². The lowest BCUT2D eigenvalue weighted by molar-refractivity contribution is -0.118. The van der Waals surface area contributed by atoms with E-state index >= 15 is 0 Å². The van der Waals surface area contributed by atoms with E-state index in [1.807, 2.05) is 6.92 Å². The molecule has 1 aromatic heterocycles. The van der Waals surface area contributed by atoms with Gasteiger partial charge in [0.25, 0.3) is 0 Å². The largest absolute Gasteiger partial charge is 0.361 e. The molecule has 0 aliphatic rings. The lowest BCUT2D eigenvalue weighted by atomic mass is 10.3. The zero-order chi connectivity index (χ0) is 11.3. The van der Waals surface area contributed by atoms with Gasteiger partial charge in [0.1, 0.15) is 5.82 Å². The Bertz CT molecular complexity index is 352. The highest BCUT2D eigenvalue weighted by molar-refractivity contribution is 5.80. The highest BCUT2D eigenvalue weighted by Gasteiger charge is 2.04. The molecule has 0 aromatic carbocycles. The Labute approximate surface area is 88.5 Å². The highest BCUT2D eigenvalue weighted by Crippen LogP contribution is 2.11. The Morgan fingerprint density at radius 2 is 2.20 bits per heavy atom. The van der Waals surface area contributed by atoms with Crippen molar-refractivity contribution < 1.29 is 4.79 Å². The van der Waals surface area contributed by atoms with Gasteiger partial charge in [-0.2, -0.15) is 4.98 Å². The quantitative estimate of drug-likeness (QED) is 0.649. The Morgan fingerprint density at radius 3 is 2.80 bits per heavy atom. The molecule has 82 valence electrons. The van der Waals surface area contributed by atoms with E-state index in [2.05, 4.69) is 25.9 Å². The third-order valence-corrected chi connectivity index (χ3v) is 1.89. The number of rotatable bonds is 4. The van der Waals surface area contributed by atoms with Gasteiger partial charge in [-0.05, 0) is 6.92 Å². The second kappa shape index (κ2) is 5.14. The molecule has 0 saturated carbocycles. The Balaban J connectivity index is 2.70. The zero-order valence-electron chi connectivity index (χ0n) is 9.09. The Kier molecular flexibility index (Phi) is 3.84. The fourth-order valence-electron chi connectivity index (χ4n) is 0.994. The summed E-state index contributed by atoms with van der Waals surface area (Å²) in [5.41, 5.74) is 0.901. The fourth-order valence-corrected chi connectivity index (χ4v) is 0.994. The minimum Gasteiger partial charge on any atom is -0.361 e. The molecule has 0 unspecified atom stereocenters. The summed E-state index contributed by atoms with van der Waals surface area (Å²) in [7, 11) is 3.34. The molecule has 1 rings (SSSR count). The summed E-state index contributed by atoms with van der Waals surface area (Å²) in [6.07, 6.45) is 1.70. The van der Waals surface area contributed by atoms with Gasteiger partial charge in [0.05, 0.1) is 6.54 Å². The Hall–Kier alpha value is -1.85. The molecule has 0 aliphatic carbocycles. The summed E-state index contributed by atoms with van der Waals surface area (Å²) in [5.74, 6) is 1.11. The van der Waals surface area contributed by atoms with Crippen LogP contribution in [0.2, 0.25) is 0 Å². The lowest BCUT2D eigenvalue weighted by Gasteiger charge is -2.08. The van der Waals surface area contributed by atoms with Crippen molar-refractivity contribution in [3.63, 3.8) is 0 Å². The second-order valence-corrected chi connectivity index (χ2v) is 3.00. The van der Waals surface area contributed by atoms with E-state index in [0.717, 1.165) is 5.56 Å². The molecule has 15 heavy (non-hydrogen) atoms. The van der Waals surface area contributed by atoms with Crippen molar-refractivity contribution in [2.45, 2.75) is 6.92 Å². The molecule has 3 N–H and O–H groups in total. The average molecular weight is 209 g/mol. The van der Waals surface area contributed by atoms with Gasteiger partial charge in [0.15, 0.2) is 0 Å². The van der Waals surface area contributed by atoms with Crippen molar-refractivity contribution in [3.8, 4) is 0 Å². The predicted octanol–water partition coefficient (Wildman–Crippen LogP) is -0.0154. The van der Waals surface area contributed by atoms with Crippen molar-refractivity contribution in [2.24, 2.45) is 0 Å². The summed E-state index contributed by atoms with van der Waals surface area (Å²) in [5, 5.41) is 8.29. The molecule has 1 heterocycles. The summed E-state index contributed by atoms with van der Waals surface area (Å²) in [4.78, 5) is 19.2. The molecular weight excluding hydrogens is 194 g/mol. The first-order chi connectivity index (χ1) is 7.17.